The van der Waals surface area contributed by atoms with Crippen molar-refractivity contribution in [3.63, 3.8) is 0 Å². The molecule has 1 aromatic heterocycles. The number of nitrogens with one attached hydrogen (secondary N) is 1. The fourth-order valence-electron chi connectivity index (χ4n) is 3.82. The number of fused-ring (bicyclic) bond motifs is 1. The van der Waals surface area contributed by atoms with Crippen molar-refractivity contribution < 1.29 is 13.6 Å². The maximum atomic E-state index is 13.7. The number of rotatable bonds is 3. The summed E-state index contributed by atoms with van der Waals surface area (Å²) < 4.78 is 26.9. The number of halogens is 2. The van der Waals surface area contributed by atoms with Crippen LogP contribution in [0.4, 0.5) is 20.2 Å². The first-order valence-electron chi connectivity index (χ1n) is 9.83. The number of pyridine rings is 1. The molecule has 1 aliphatic heterocycles. The maximum absolute atomic E-state index is 13.7. The number of aromatic nitrogens is 1. The van der Waals surface area contributed by atoms with Crippen molar-refractivity contribution in [2.75, 3.05) is 18.4 Å². The molecule has 1 fully saturated rings. The van der Waals surface area contributed by atoms with Crippen molar-refractivity contribution >= 4 is 28.2 Å². The predicted molar refractivity (Wildman–Crippen MR) is 110 cm³/mol. The summed E-state index contributed by atoms with van der Waals surface area (Å²) >= 11 is 0. The summed E-state index contributed by atoms with van der Waals surface area (Å²) in [5.74, 6) is -1.47. The quantitative estimate of drug-likeness (QED) is 0.643. The Balaban J connectivity index is 1.75. The summed E-state index contributed by atoms with van der Waals surface area (Å²) in [7, 11) is 0. The van der Waals surface area contributed by atoms with Gasteiger partial charge < -0.3 is 10.2 Å². The monoisotopic (exact) mass is 395 g/mol. The second-order valence-electron chi connectivity index (χ2n) is 7.83. The molecule has 150 valence electrons. The summed E-state index contributed by atoms with van der Waals surface area (Å²) in [6, 6.07) is 11.1. The lowest BCUT2D eigenvalue weighted by Crippen LogP contribution is -2.39. The molecule has 29 heavy (non-hydrogen) atoms. The topological polar surface area (TPSA) is 45.2 Å². The Labute approximate surface area is 168 Å². The van der Waals surface area contributed by atoms with Crippen molar-refractivity contribution in [1.29, 1.82) is 0 Å². The number of carbonyl (C=O) groups excluding carboxylic acids is 1. The average molecular weight is 395 g/mol. The molecule has 0 bridgehead atoms. The van der Waals surface area contributed by atoms with Gasteiger partial charge in [0.25, 0.3) is 5.91 Å². The second-order valence-corrected chi connectivity index (χ2v) is 7.83. The summed E-state index contributed by atoms with van der Waals surface area (Å²) in [6.45, 7) is 5.56. The zero-order valence-electron chi connectivity index (χ0n) is 16.5. The maximum Gasteiger partial charge on any atom is 0.272 e. The van der Waals surface area contributed by atoms with E-state index in [1.54, 1.807) is 6.07 Å². The third-order valence-electron chi connectivity index (χ3n) is 5.33. The van der Waals surface area contributed by atoms with Gasteiger partial charge >= 0.3 is 0 Å². The van der Waals surface area contributed by atoms with E-state index in [1.807, 2.05) is 30.0 Å². The zero-order chi connectivity index (χ0) is 20.5. The highest BCUT2D eigenvalue weighted by atomic mass is 19.2. The van der Waals surface area contributed by atoms with Crippen LogP contribution in [0.15, 0.2) is 42.5 Å². The molecule has 4 rings (SSSR count). The zero-order valence-corrected chi connectivity index (χ0v) is 16.5. The number of hydrogen-bond acceptors (Lipinski definition) is 3. The molecule has 2 aromatic carbocycles. The molecule has 1 saturated heterocycles. The Hall–Kier alpha value is -3.02. The molecule has 0 saturated carbocycles. The lowest BCUT2D eigenvalue weighted by molar-refractivity contribution is 0.0677. The number of piperidine rings is 1. The van der Waals surface area contributed by atoms with Crippen LogP contribution in [0.2, 0.25) is 0 Å². The smallest absolute Gasteiger partial charge is 0.272 e. The number of benzene rings is 2. The molecule has 0 radical (unpaired) electrons. The van der Waals surface area contributed by atoms with E-state index in [0.717, 1.165) is 49.0 Å². The van der Waals surface area contributed by atoms with Crippen LogP contribution < -0.4 is 5.32 Å². The summed E-state index contributed by atoms with van der Waals surface area (Å²) in [5.41, 5.74) is 3.11. The standard InChI is InChI=1S/C23H23F2N3O/c1-14-5-8-20-17(10-14)21(26-16-6-7-18(24)19(25)11-16)12-22(27-20)23(29)28-9-3-4-15(2)13-28/h5-8,10-12,15H,3-4,9,13H2,1-2H3,(H,26,27)/t15-/m1/s1. The molecule has 1 N–H and O–H groups in total. The van der Waals surface area contributed by atoms with E-state index in [1.165, 1.54) is 6.07 Å². The molecular weight excluding hydrogens is 372 g/mol. The van der Waals surface area contributed by atoms with Gasteiger partial charge in [0.05, 0.1) is 11.2 Å². The molecule has 0 aliphatic carbocycles. The van der Waals surface area contributed by atoms with Gasteiger partial charge in [-0.1, -0.05) is 18.6 Å². The highest BCUT2D eigenvalue weighted by Gasteiger charge is 2.24. The van der Waals surface area contributed by atoms with Crippen molar-refractivity contribution in [3.8, 4) is 0 Å². The van der Waals surface area contributed by atoms with Crippen molar-refractivity contribution in [2.45, 2.75) is 26.7 Å². The molecule has 3 aromatic rings. The van der Waals surface area contributed by atoms with Crippen molar-refractivity contribution in [1.82, 2.24) is 9.88 Å². The number of carbonyl (C=O) groups is 1. The van der Waals surface area contributed by atoms with Crippen LogP contribution in [-0.4, -0.2) is 28.9 Å². The van der Waals surface area contributed by atoms with Gasteiger partial charge in [0.2, 0.25) is 0 Å². The van der Waals surface area contributed by atoms with E-state index in [-0.39, 0.29) is 5.91 Å². The Kier molecular flexibility index (Phi) is 5.18. The molecule has 1 atom stereocenters. The highest BCUT2D eigenvalue weighted by molar-refractivity contribution is 6.00. The van der Waals surface area contributed by atoms with Gasteiger partial charge in [-0.25, -0.2) is 13.8 Å². The van der Waals surface area contributed by atoms with E-state index >= 15 is 0 Å². The van der Waals surface area contributed by atoms with E-state index in [0.29, 0.717) is 28.5 Å². The van der Waals surface area contributed by atoms with Crippen molar-refractivity contribution in [2.24, 2.45) is 5.92 Å². The van der Waals surface area contributed by atoms with Gasteiger partial charge in [0.1, 0.15) is 5.69 Å². The van der Waals surface area contributed by atoms with Gasteiger partial charge in [-0.05, 0) is 56.0 Å². The van der Waals surface area contributed by atoms with E-state index in [2.05, 4.69) is 17.2 Å². The molecular formula is C23H23F2N3O. The fourth-order valence-corrected chi connectivity index (χ4v) is 3.82. The number of aryl methyl sites for hydroxylation is 1. The average Bonchev–Trinajstić information content (AvgIpc) is 2.70. The van der Waals surface area contributed by atoms with E-state index in [4.69, 9.17) is 0 Å². The minimum Gasteiger partial charge on any atom is -0.355 e. The number of anilines is 2. The van der Waals surface area contributed by atoms with Crippen LogP contribution in [-0.2, 0) is 0 Å². The third kappa shape index (κ3) is 4.06. The normalized spacial score (nSPS) is 16.8. The first-order chi connectivity index (χ1) is 13.9. The van der Waals surface area contributed by atoms with E-state index < -0.39 is 11.6 Å². The van der Waals surface area contributed by atoms with Gasteiger partial charge in [-0.2, -0.15) is 0 Å². The van der Waals surface area contributed by atoms with Gasteiger partial charge in [-0.15, -0.1) is 0 Å². The summed E-state index contributed by atoms with van der Waals surface area (Å²) in [6.07, 6.45) is 2.11. The van der Waals surface area contributed by atoms with Crippen LogP contribution in [0.1, 0.15) is 35.8 Å². The van der Waals surface area contributed by atoms with Crippen LogP contribution in [0.25, 0.3) is 10.9 Å². The van der Waals surface area contributed by atoms with E-state index in [9.17, 15) is 13.6 Å². The number of amides is 1. The first-order valence-corrected chi connectivity index (χ1v) is 9.83. The SMILES string of the molecule is Cc1ccc2nc(C(=O)N3CCC[C@@H](C)C3)cc(Nc3ccc(F)c(F)c3)c2c1. The van der Waals surface area contributed by atoms with Crippen molar-refractivity contribution in [3.05, 3.63) is 65.4 Å². The summed E-state index contributed by atoms with van der Waals surface area (Å²) in [5, 5.41) is 3.95. The Morgan fingerprint density at radius 3 is 2.72 bits per heavy atom. The fraction of sp³-hybridized carbons (Fsp3) is 0.304. The van der Waals surface area contributed by atoms with Gasteiger partial charge in [-0.3, -0.25) is 4.79 Å². The third-order valence-corrected chi connectivity index (χ3v) is 5.33. The molecule has 2 heterocycles. The van der Waals surface area contributed by atoms with Crippen LogP contribution in [0.5, 0.6) is 0 Å². The molecule has 6 heteroatoms. The van der Waals surface area contributed by atoms with Crippen LogP contribution in [0, 0.1) is 24.5 Å². The van der Waals surface area contributed by atoms with Gasteiger partial charge in [0, 0.05) is 30.2 Å². The molecule has 0 unspecified atom stereocenters. The van der Waals surface area contributed by atoms with Crippen LogP contribution in [0.3, 0.4) is 0 Å². The minimum absolute atomic E-state index is 0.104. The number of nitrogens with zero attached hydrogens (tertiary/aromatic N) is 2. The minimum atomic E-state index is -0.928. The Morgan fingerprint density at radius 2 is 1.97 bits per heavy atom. The molecule has 0 spiro atoms. The molecule has 4 nitrogen and oxygen atoms in total. The first kappa shape index (κ1) is 19.3. The van der Waals surface area contributed by atoms with Crippen LogP contribution >= 0.6 is 0 Å². The number of likely N-dealkylation sites (tertiary alicyclic amines) is 1. The molecule has 1 amide bonds. The number of hydrogen-bond donors (Lipinski definition) is 1. The summed E-state index contributed by atoms with van der Waals surface area (Å²) in [4.78, 5) is 19.5. The molecule has 1 aliphatic rings. The second kappa shape index (κ2) is 7.78. The lowest BCUT2D eigenvalue weighted by atomic mass is 10.00. The van der Waals surface area contributed by atoms with Gasteiger partial charge in [0.15, 0.2) is 11.6 Å². The lowest BCUT2D eigenvalue weighted by Gasteiger charge is -2.30. The Bertz CT molecular complexity index is 1080. The largest absolute Gasteiger partial charge is 0.355 e. The highest BCUT2D eigenvalue weighted by Crippen LogP contribution is 2.29. The Morgan fingerprint density at radius 1 is 1.14 bits per heavy atom. The predicted octanol–water partition coefficient (Wildman–Crippen LogP) is 5.44.